The van der Waals surface area contributed by atoms with Crippen molar-refractivity contribution in [3.63, 3.8) is 0 Å². The summed E-state index contributed by atoms with van der Waals surface area (Å²) in [5, 5.41) is 0. The molecule has 0 bridgehead atoms. The molecular weight excluding hydrogens is 346 g/mol. The first-order chi connectivity index (χ1) is 12.3. The SMILES string of the molecule is CCCN(C=Cc1ccc(S(C)(=O)=O)cc1)C(=O)Cc1ccc(C)cc1. The highest BCUT2D eigenvalue weighted by atomic mass is 32.2. The molecular formula is C21H25NO3S. The summed E-state index contributed by atoms with van der Waals surface area (Å²) in [4.78, 5) is 14.6. The van der Waals surface area contributed by atoms with Gasteiger partial charge in [0.1, 0.15) is 0 Å². The van der Waals surface area contributed by atoms with Crippen molar-refractivity contribution in [3.8, 4) is 0 Å². The van der Waals surface area contributed by atoms with Crippen LogP contribution in [0.3, 0.4) is 0 Å². The summed E-state index contributed by atoms with van der Waals surface area (Å²) in [7, 11) is -3.20. The van der Waals surface area contributed by atoms with E-state index in [1.54, 1.807) is 35.4 Å². The molecule has 0 fully saturated rings. The Hall–Kier alpha value is -2.40. The molecule has 2 aromatic rings. The highest BCUT2D eigenvalue weighted by Crippen LogP contribution is 2.13. The number of amides is 1. The number of carbonyl (C=O) groups excluding carboxylic acids is 1. The number of rotatable bonds is 7. The van der Waals surface area contributed by atoms with Crippen molar-refractivity contribution >= 4 is 21.8 Å². The molecule has 4 nitrogen and oxygen atoms in total. The van der Waals surface area contributed by atoms with E-state index in [-0.39, 0.29) is 10.8 Å². The molecule has 5 heteroatoms. The average molecular weight is 372 g/mol. The summed E-state index contributed by atoms with van der Waals surface area (Å²) in [5.41, 5.74) is 3.01. The Balaban J connectivity index is 2.09. The van der Waals surface area contributed by atoms with Crippen LogP contribution >= 0.6 is 0 Å². The molecule has 0 saturated heterocycles. The molecule has 0 aliphatic carbocycles. The molecule has 0 aliphatic heterocycles. The number of hydrogen-bond acceptors (Lipinski definition) is 3. The van der Waals surface area contributed by atoms with E-state index in [1.807, 2.05) is 44.2 Å². The summed E-state index contributed by atoms with van der Waals surface area (Å²) in [6, 6.07) is 14.6. The van der Waals surface area contributed by atoms with Crippen LogP contribution in [0.25, 0.3) is 6.08 Å². The fraction of sp³-hybridized carbons (Fsp3) is 0.286. The number of aryl methyl sites for hydroxylation is 1. The van der Waals surface area contributed by atoms with E-state index in [0.717, 1.165) is 17.5 Å². The van der Waals surface area contributed by atoms with E-state index in [1.165, 1.54) is 11.8 Å². The summed E-state index contributed by atoms with van der Waals surface area (Å²) >= 11 is 0. The van der Waals surface area contributed by atoms with E-state index in [4.69, 9.17) is 0 Å². The number of benzene rings is 2. The van der Waals surface area contributed by atoms with Gasteiger partial charge in [-0.1, -0.05) is 48.9 Å². The normalized spacial score (nSPS) is 11.7. The van der Waals surface area contributed by atoms with Crippen LogP contribution in [0.15, 0.2) is 59.6 Å². The van der Waals surface area contributed by atoms with E-state index in [2.05, 4.69) is 0 Å². The molecule has 2 aromatic carbocycles. The molecule has 0 unspecified atom stereocenters. The number of nitrogens with zero attached hydrogens (tertiary/aromatic N) is 1. The van der Waals surface area contributed by atoms with Gasteiger partial charge >= 0.3 is 0 Å². The summed E-state index contributed by atoms with van der Waals surface area (Å²) < 4.78 is 23.0. The lowest BCUT2D eigenvalue weighted by Crippen LogP contribution is -2.27. The average Bonchev–Trinajstić information content (AvgIpc) is 2.60. The van der Waals surface area contributed by atoms with Gasteiger partial charge in [0, 0.05) is 19.0 Å². The second-order valence-electron chi connectivity index (χ2n) is 6.41. The van der Waals surface area contributed by atoms with E-state index in [9.17, 15) is 13.2 Å². The van der Waals surface area contributed by atoms with Gasteiger partial charge in [-0.3, -0.25) is 4.79 Å². The zero-order chi connectivity index (χ0) is 19.2. The fourth-order valence-electron chi connectivity index (χ4n) is 2.51. The van der Waals surface area contributed by atoms with Crippen LogP contribution in [0.2, 0.25) is 0 Å². The zero-order valence-corrected chi connectivity index (χ0v) is 16.3. The lowest BCUT2D eigenvalue weighted by atomic mass is 10.1. The van der Waals surface area contributed by atoms with E-state index >= 15 is 0 Å². The standard InChI is InChI=1S/C21H25NO3S/c1-4-14-22(21(23)16-19-7-5-17(2)6-8-19)15-13-18-9-11-20(12-10-18)26(3,24)25/h5-13,15H,4,14,16H2,1-3H3. The molecule has 0 N–H and O–H groups in total. The van der Waals surface area contributed by atoms with Crippen LogP contribution in [-0.2, 0) is 21.1 Å². The van der Waals surface area contributed by atoms with E-state index in [0.29, 0.717) is 13.0 Å². The van der Waals surface area contributed by atoms with Crippen molar-refractivity contribution in [3.05, 3.63) is 71.4 Å². The number of sulfone groups is 1. The molecule has 2 rings (SSSR count). The van der Waals surface area contributed by atoms with Gasteiger partial charge in [-0.15, -0.1) is 0 Å². The zero-order valence-electron chi connectivity index (χ0n) is 15.5. The minimum Gasteiger partial charge on any atom is -0.319 e. The third kappa shape index (κ3) is 5.85. The Labute approximate surface area is 156 Å². The first-order valence-electron chi connectivity index (χ1n) is 8.63. The van der Waals surface area contributed by atoms with Crippen LogP contribution in [0.5, 0.6) is 0 Å². The quantitative estimate of drug-likeness (QED) is 0.743. The molecule has 0 saturated carbocycles. The summed E-state index contributed by atoms with van der Waals surface area (Å²) in [6.07, 6.45) is 6.00. The van der Waals surface area contributed by atoms with Crippen molar-refractivity contribution in [1.82, 2.24) is 4.90 Å². The minimum absolute atomic E-state index is 0.0414. The molecule has 26 heavy (non-hydrogen) atoms. The Morgan fingerprint density at radius 3 is 2.19 bits per heavy atom. The topological polar surface area (TPSA) is 54.5 Å². The summed E-state index contributed by atoms with van der Waals surface area (Å²) in [5.74, 6) is 0.0414. The Morgan fingerprint density at radius 1 is 1.04 bits per heavy atom. The van der Waals surface area contributed by atoms with Crippen molar-refractivity contribution in [2.75, 3.05) is 12.8 Å². The lowest BCUT2D eigenvalue weighted by Gasteiger charge is -2.18. The van der Waals surface area contributed by atoms with Gasteiger partial charge in [0.05, 0.1) is 11.3 Å². The van der Waals surface area contributed by atoms with Gasteiger partial charge in [-0.25, -0.2) is 8.42 Å². The van der Waals surface area contributed by atoms with Crippen molar-refractivity contribution in [2.24, 2.45) is 0 Å². The van der Waals surface area contributed by atoms with Gasteiger partial charge in [-0.2, -0.15) is 0 Å². The Bertz CT molecular complexity index is 866. The monoisotopic (exact) mass is 371 g/mol. The maximum Gasteiger partial charge on any atom is 0.230 e. The Kier molecular flexibility index (Phi) is 6.75. The number of hydrogen-bond donors (Lipinski definition) is 0. The van der Waals surface area contributed by atoms with Gasteiger partial charge < -0.3 is 4.90 Å². The second kappa shape index (κ2) is 8.81. The number of carbonyl (C=O) groups is 1. The predicted molar refractivity (Wildman–Crippen MR) is 105 cm³/mol. The van der Waals surface area contributed by atoms with Crippen LogP contribution in [0.1, 0.15) is 30.0 Å². The van der Waals surface area contributed by atoms with Crippen LogP contribution < -0.4 is 0 Å². The largest absolute Gasteiger partial charge is 0.319 e. The smallest absolute Gasteiger partial charge is 0.230 e. The maximum atomic E-state index is 12.6. The first-order valence-corrected chi connectivity index (χ1v) is 10.5. The van der Waals surface area contributed by atoms with Gasteiger partial charge in [0.2, 0.25) is 5.91 Å². The maximum absolute atomic E-state index is 12.6. The van der Waals surface area contributed by atoms with Crippen LogP contribution in [0, 0.1) is 6.92 Å². The van der Waals surface area contributed by atoms with Crippen molar-refractivity contribution < 1.29 is 13.2 Å². The van der Waals surface area contributed by atoms with Crippen LogP contribution in [-0.4, -0.2) is 32.0 Å². The molecule has 0 aromatic heterocycles. The highest BCUT2D eigenvalue weighted by Gasteiger charge is 2.11. The van der Waals surface area contributed by atoms with Crippen molar-refractivity contribution in [1.29, 1.82) is 0 Å². The van der Waals surface area contributed by atoms with Crippen LogP contribution in [0.4, 0.5) is 0 Å². The molecule has 1 amide bonds. The van der Waals surface area contributed by atoms with E-state index < -0.39 is 9.84 Å². The summed E-state index contributed by atoms with van der Waals surface area (Å²) in [6.45, 7) is 4.69. The molecule has 0 heterocycles. The third-order valence-corrected chi connectivity index (χ3v) is 5.14. The molecule has 0 radical (unpaired) electrons. The van der Waals surface area contributed by atoms with Gasteiger partial charge in [-0.05, 0) is 42.7 Å². The molecule has 0 aliphatic rings. The lowest BCUT2D eigenvalue weighted by molar-refractivity contribution is -0.127. The highest BCUT2D eigenvalue weighted by molar-refractivity contribution is 7.90. The first kappa shape index (κ1) is 19.9. The third-order valence-electron chi connectivity index (χ3n) is 4.02. The molecule has 0 atom stereocenters. The predicted octanol–water partition coefficient (Wildman–Crippen LogP) is 3.85. The minimum atomic E-state index is -3.20. The van der Waals surface area contributed by atoms with Gasteiger partial charge in [0.25, 0.3) is 0 Å². The second-order valence-corrected chi connectivity index (χ2v) is 8.42. The molecule has 138 valence electrons. The molecule has 0 spiro atoms. The Morgan fingerprint density at radius 2 is 1.65 bits per heavy atom. The van der Waals surface area contributed by atoms with Gasteiger partial charge in [0.15, 0.2) is 9.84 Å². The van der Waals surface area contributed by atoms with Crippen molar-refractivity contribution in [2.45, 2.75) is 31.6 Å². The fourth-order valence-corrected chi connectivity index (χ4v) is 3.14.